The Morgan fingerprint density at radius 2 is 1.74 bits per heavy atom. The number of ether oxygens (including phenoxy) is 1. The summed E-state index contributed by atoms with van der Waals surface area (Å²) in [6, 6.07) is 0.288. The number of fused-ring (bicyclic) bond motifs is 2. The minimum atomic E-state index is -0.625. The average molecular weight is 317 g/mol. The molecule has 2 aliphatic heterocycles. The lowest BCUT2D eigenvalue weighted by atomic mass is 9.73. The molecule has 4 nitrogen and oxygen atoms in total. The van der Waals surface area contributed by atoms with Crippen LogP contribution in [0.1, 0.15) is 72.1 Å². The number of allylic oxidation sites excluding steroid dienone is 1. The Labute approximate surface area is 138 Å². The van der Waals surface area contributed by atoms with E-state index in [9.17, 15) is 9.59 Å². The van der Waals surface area contributed by atoms with Gasteiger partial charge >= 0.3 is 0 Å². The Morgan fingerprint density at radius 3 is 2.43 bits per heavy atom. The molecule has 2 atom stereocenters. The lowest BCUT2D eigenvalue weighted by molar-refractivity contribution is -0.155. The van der Waals surface area contributed by atoms with Crippen LogP contribution in [0.3, 0.4) is 0 Å². The molecule has 4 rings (SSSR count). The summed E-state index contributed by atoms with van der Waals surface area (Å²) in [6.07, 6.45) is 7.61. The second-order valence-corrected chi connectivity index (χ2v) is 8.75. The van der Waals surface area contributed by atoms with Crippen LogP contribution in [0.4, 0.5) is 0 Å². The summed E-state index contributed by atoms with van der Waals surface area (Å²) < 4.78 is 6.38. The van der Waals surface area contributed by atoms with Crippen LogP contribution in [0.5, 0.6) is 0 Å². The molecule has 2 aliphatic carbocycles. The standard InChI is InChI=1S/C19H27NO3/c1-18(2)10-14(21)17-13-9-16(22)20(12-7-5-4-6-8-12)19(13,3)23-15(17)11-18/h12-13H,4-11H2,1-3H3/t13-,19-/m0/s1. The van der Waals surface area contributed by atoms with Crippen LogP contribution < -0.4 is 0 Å². The molecule has 1 saturated heterocycles. The SMILES string of the molecule is CC1(C)CC(=O)C2=C(C1)O[C@@]1(C)[C@H]2CC(=O)N1C1CCCCC1. The third-order valence-corrected chi connectivity index (χ3v) is 6.27. The van der Waals surface area contributed by atoms with Gasteiger partial charge in [0.2, 0.25) is 5.91 Å². The van der Waals surface area contributed by atoms with Gasteiger partial charge in [-0.15, -0.1) is 0 Å². The predicted octanol–water partition coefficient (Wildman–Crippen LogP) is 3.56. The van der Waals surface area contributed by atoms with Gasteiger partial charge in [-0.05, 0) is 25.2 Å². The minimum Gasteiger partial charge on any atom is -0.471 e. The molecule has 0 bridgehead atoms. The summed E-state index contributed by atoms with van der Waals surface area (Å²) in [5.74, 6) is 1.18. The Bertz CT molecular complexity index is 600. The number of hydrogen-bond acceptors (Lipinski definition) is 3. The highest BCUT2D eigenvalue weighted by molar-refractivity contribution is 6.00. The van der Waals surface area contributed by atoms with E-state index in [1.54, 1.807) is 0 Å². The van der Waals surface area contributed by atoms with Crippen LogP contribution in [0.25, 0.3) is 0 Å². The molecule has 4 heteroatoms. The Hall–Kier alpha value is -1.32. The van der Waals surface area contributed by atoms with Crippen molar-refractivity contribution in [2.75, 3.05) is 0 Å². The first-order valence-electron chi connectivity index (χ1n) is 9.09. The molecule has 0 aromatic heterocycles. The van der Waals surface area contributed by atoms with E-state index in [1.807, 2.05) is 11.8 Å². The van der Waals surface area contributed by atoms with E-state index in [0.29, 0.717) is 12.8 Å². The monoisotopic (exact) mass is 317 g/mol. The molecule has 0 aromatic carbocycles. The smallest absolute Gasteiger partial charge is 0.226 e. The van der Waals surface area contributed by atoms with Crippen molar-refractivity contribution in [2.24, 2.45) is 11.3 Å². The number of rotatable bonds is 1. The molecule has 2 heterocycles. The number of amides is 1. The van der Waals surface area contributed by atoms with Gasteiger partial charge in [-0.25, -0.2) is 0 Å². The van der Waals surface area contributed by atoms with Gasteiger partial charge in [0.25, 0.3) is 0 Å². The summed E-state index contributed by atoms with van der Waals surface area (Å²) >= 11 is 0. The van der Waals surface area contributed by atoms with Gasteiger partial charge in [-0.2, -0.15) is 0 Å². The fourth-order valence-corrected chi connectivity index (χ4v) is 5.28. The molecule has 0 radical (unpaired) electrons. The molecular formula is C19H27NO3. The number of likely N-dealkylation sites (tertiary alicyclic amines) is 1. The van der Waals surface area contributed by atoms with E-state index >= 15 is 0 Å². The molecule has 4 aliphatic rings. The zero-order valence-electron chi connectivity index (χ0n) is 14.5. The van der Waals surface area contributed by atoms with E-state index in [-0.39, 0.29) is 29.1 Å². The second kappa shape index (κ2) is 4.84. The van der Waals surface area contributed by atoms with Gasteiger partial charge in [0, 0.05) is 30.9 Å². The van der Waals surface area contributed by atoms with Gasteiger partial charge in [0.15, 0.2) is 11.5 Å². The molecule has 2 fully saturated rings. The highest BCUT2D eigenvalue weighted by Gasteiger charge is 2.61. The zero-order valence-corrected chi connectivity index (χ0v) is 14.5. The molecule has 1 saturated carbocycles. The number of ketones is 1. The van der Waals surface area contributed by atoms with Crippen molar-refractivity contribution in [1.29, 1.82) is 0 Å². The fraction of sp³-hybridized carbons (Fsp3) is 0.789. The van der Waals surface area contributed by atoms with Crippen molar-refractivity contribution in [1.82, 2.24) is 4.90 Å². The summed E-state index contributed by atoms with van der Waals surface area (Å²) in [5.41, 5.74) is 0.170. The van der Waals surface area contributed by atoms with Crippen LogP contribution in [0, 0.1) is 11.3 Å². The normalized spacial score (nSPS) is 37.0. The first kappa shape index (κ1) is 15.2. The maximum Gasteiger partial charge on any atom is 0.226 e. The second-order valence-electron chi connectivity index (χ2n) is 8.75. The molecule has 126 valence electrons. The molecule has 0 N–H and O–H groups in total. The van der Waals surface area contributed by atoms with E-state index in [0.717, 1.165) is 30.6 Å². The van der Waals surface area contributed by atoms with E-state index in [2.05, 4.69) is 13.8 Å². The number of Topliss-reactive ketones (excluding diaryl/α,β-unsaturated/α-hetero) is 1. The van der Waals surface area contributed by atoms with Crippen LogP contribution in [0.15, 0.2) is 11.3 Å². The molecule has 0 aromatic rings. The van der Waals surface area contributed by atoms with Crippen LogP contribution >= 0.6 is 0 Å². The highest BCUT2D eigenvalue weighted by atomic mass is 16.5. The van der Waals surface area contributed by atoms with Crippen molar-refractivity contribution in [3.8, 4) is 0 Å². The maximum absolute atomic E-state index is 12.7. The van der Waals surface area contributed by atoms with E-state index < -0.39 is 5.72 Å². The van der Waals surface area contributed by atoms with Crippen LogP contribution in [-0.4, -0.2) is 28.4 Å². The minimum absolute atomic E-state index is 0.0371. The topological polar surface area (TPSA) is 46.6 Å². The van der Waals surface area contributed by atoms with Crippen molar-refractivity contribution < 1.29 is 14.3 Å². The fourth-order valence-electron chi connectivity index (χ4n) is 5.28. The van der Waals surface area contributed by atoms with Crippen molar-refractivity contribution in [3.63, 3.8) is 0 Å². The molecule has 23 heavy (non-hydrogen) atoms. The number of nitrogens with zero attached hydrogens (tertiary/aromatic N) is 1. The van der Waals surface area contributed by atoms with Gasteiger partial charge in [-0.1, -0.05) is 33.1 Å². The lowest BCUT2D eigenvalue weighted by Gasteiger charge is -2.42. The van der Waals surface area contributed by atoms with Gasteiger partial charge in [-0.3, -0.25) is 9.59 Å². The average Bonchev–Trinajstić information content (AvgIpc) is 2.84. The summed E-state index contributed by atoms with van der Waals surface area (Å²) in [6.45, 7) is 6.28. The summed E-state index contributed by atoms with van der Waals surface area (Å²) in [4.78, 5) is 27.4. The largest absolute Gasteiger partial charge is 0.471 e. The van der Waals surface area contributed by atoms with Gasteiger partial charge in [0.05, 0.1) is 5.92 Å². The maximum atomic E-state index is 12.7. The van der Waals surface area contributed by atoms with Crippen LogP contribution in [-0.2, 0) is 14.3 Å². The van der Waals surface area contributed by atoms with Crippen LogP contribution in [0.2, 0.25) is 0 Å². The first-order chi connectivity index (χ1) is 10.8. The summed E-state index contributed by atoms with van der Waals surface area (Å²) in [7, 11) is 0. The van der Waals surface area contributed by atoms with E-state index in [1.165, 1.54) is 19.3 Å². The number of carbonyl (C=O) groups is 2. The van der Waals surface area contributed by atoms with Crippen molar-refractivity contribution >= 4 is 11.7 Å². The third-order valence-electron chi connectivity index (χ3n) is 6.27. The number of carbonyl (C=O) groups excluding carboxylic acids is 2. The molecule has 0 unspecified atom stereocenters. The molecule has 0 spiro atoms. The van der Waals surface area contributed by atoms with Gasteiger partial charge < -0.3 is 9.64 Å². The van der Waals surface area contributed by atoms with E-state index in [4.69, 9.17) is 4.74 Å². The quantitative estimate of drug-likeness (QED) is 0.743. The number of hydrogen-bond donors (Lipinski definition) is 0. The van der Waals surface area contributed by atoms with Crippen molar-refractivity contribution in [2.45, 2.75) is 83.9 Å². The first-order valence-corrected chi connectivity index (χ1v) is 9.09. The third kappa shape index (κ3) is 2.17. The Balaban J connectivity index is 1.68. The van der Waals surface area contributed by atoms with Crippen molar-refractivity contribution in [3.05, 3.63) is 11.3 Å². The zero-order chi connectivity index (χ0) is 16.4. The van der Waals surface area contributed by atoms with Gasteiger partial charge in [0.1, 0.15) is 5.76 Å². The molecule has 1 amide bonds. The molecular weight excluding hydrogens is 290 g/mol. The summed E-state index contributed by atoms with van der Waals surface area (Å²) in [5, 5.41) is 0. The Kier molecular flexibility index (Phi) is 3.20. The highest BCUT2D eigenvalue weighted by Crippen LogP contribution is 2.55. The predicted molar refractivity (Wildman–Crippen MR) is 86.4 cm³/mol. The lowest BCUT2D eigenvalue weighted by Crippen LogP contribution is -2.52. The Morgan fingerprint density at radius 1 is 1.04 bits per heavy atom.